The Bertz CT molecular complexity index is 578. The van der Waals surface area contributed by atoms with E-state index in [1.54, 1.807) is 6.07 Å². The molecule has 4 nitrogen and oxygen atoms in total. The lowest BCUT2D eigenvalue weighted by Gasteiger charge is -2.41. The zero-order valence-electron chi connectivity index (χ0n) is 12.1. The van der Waals surface area contributed by atoms with Gasteiger partial charge in [0.1, 0.15) is 6.07 Å². The molecule has 1 fully saturated rings. The van der Waals surface area contributed by atoms with Crippen molar-refractivity contribution in [1.29, 1.82) is 5.26 Å². The number of nitriles is 1. The maximum absolute atomic E-state index is 11.8. The summed E-state index contributed by atoms with van der Waals surface area (Å²) in [5, 5.41) is 19.0. The van der Waals surface area contributed by atoms with Crippen LogP contribution in [0.3, 0.4) is 0 Å². The van der Waals surface area contributed by atoms with Gasteiger partial charge in [0.25, 0.3) is 0 Å². The van der Waals surface area contributed by atoms with Gasteiger partial charge in [0.15, 0.2) is 0 Å². The number of benzene rings is 1. The first kappa shape index (κ1) is 15.8. The lowest BCUT2D eigenvalue weighted by atomic mass is 9.76. The van der Waals surface area contributed by atoms with Gasteiger partial charge in [0.05, 0.1) is 16.7 Å². The molecule has 0 amide bonds. The fourth-order valence-corrected chi connectivity index (χ4v) is 3.54. The standard InChI is InChI=1S/C16H19BrN2O2/c1-2-6-16(15(20)21)7-3-8-19(11-16)14-5-4-13(17)9-12(14)10-18/h4-5,9H,2-3,6-8,11H2,1H3,(H,20,21). The van der Waals surface area contributed by atoms with Crippen molar-refractivity contribution in [2.24, 2.45) is 5.41 Å². The maximum atomic E-state index is 11.8. The van der Waals surface area contributed by atoms with E-state index < -0.39 is 11.4 Å². The highest BCUT2D eigenvalue weighted by Gasteiger charge is 2.41. The van der Waals surface area contributed by atoms with E-state index in [0.29, 0.717) is 24.9 Å². The van der Waals surface area contributed by atoms with Crippen LogP contribution in [0, 0.1) is 16.7 Å². The first-order valence-corrected chi connectivity index (χ1v) is 8.00. The minimum Gasteiger partial charge on any atom is -0.481 e. The summed E-state index contributed by atoms with van der Waals surface area (Å²) in [5.74, 6) is -0.718. The first-order chi connectivity index (χ1) is 10.0. The van der Waals surface area contributed by atoms with Crippen molar-refractivity contribution in [3.63, 3.8) is 0 Å². The summed E-state index contributed by atoms with van der Waals surface area (Å²) < 4.78 is 0.859. The SMILES string of the molecule is CCCC1(C(=O)O)CCCN(c2ccc(Br)cc2C#N)C1. The Morgan fingerprint density at radius 1 is 1.57 bits per heavy atom. The fourth-order valence-electron chi connectivity index (χ4n) is 3.18. The van der Waals surface area contributed by atoms with E-state index in [-0.39, 0.29) is 0 Å². The lowest BCUT2D eigenvalue weighted by molar-refractivity contribution is -0.150. The Hall–Kier alpha value is -1.54. The molecule has 1 heterocycles. The van der Waals surface area contributed by atoms with E-state index in [4.69, 9.17) is 0 Å². The first-order valence-electron chi connectivity index (χ1n) is 7.20. The molecular weight excluding hydrogens is 332 g/mol. The highest BCUT2D eigenvalue weighted by molar-refractivity contribution is 9.10. The van der Waals surface area contributed by atoms with Gasteiger partial charge in [-0.3, -0.25) is 4.79 Å². The van der Waals surface area contributed by atoms with Crippen molar-refractivity contribution >= 4 is 27.6 Å². The molecule has 1 aromatic carbocycles. The van der Waals surface area contributed by atoms with E-state index in [1.165, 1.54) is 0 Å². The number of hydrogen-bond acceptors (Lipinski definition) is 3. The summed E-state index contributed by atoms with van der Waals surface area (Å²) in [6, 6.07) is 7.78. The zero-order valence-corrected chi connectivity index (χ0v) is 13.7. The fraction of sp³-hybridized carbons (Fsp3) is 0.500. The highest BCUT2D eigenvalue weighted by Crippen LogP contribution is 2.38. The Kier molecular flexibility index (Phi) is 4.89. The van der Waals surface area contributed by atoms with E-state index in [2.05, 4.69) is 26.9 Å². The molecule has 0 saturated carbocycles. The van der Waals surface area contributed by atoms with Gasteiger partial charge < -0.3 is 10.0 Å². The minimum atomic E-state index is -0.718. The molecule has 0 spiro atoms. The molecule has 1 aromatic rings. The van der Waals surface area contributed by atoms with Gasteiger partial charge >= 0.3 is 5.97 Å². The number of nitrogens with zero attached hydrogens (tertiary/aromatic N) is 2. The summed E-state index contributed by atoms with van der Waals surface area (Å²) in [6.45, 7) is 3.30. The third-order valence-corrected chi connectivity index (χ3v) is 4.67. The normalized spacial score (nSPS) is 21.9. The number of halogens is 1. The van der Waals surface area contributed by atoms with Gasteiger partial charge in [-0.1, -0.05) is 29.3 Å². The highest BCUT2D eigenvalue weighted by atomic mass is 79.9. The molecule has 0 radical (unpaired) electrons. The molecule has 2 rings (SSSR count). The topological polar surface area (TPSA) is 64.3 Å². The minimum absolute atomic E-state index is 0.479. The number of carboxylic acid groups (broad SMARTS) is 1. The van der Waals surface area contributed by atoms with Gasteiger partial charge in [-0.05, 0) is 37.5 Å². The van der Waals surface area contributed by atoms with Crippen LogP contribution < -0.4 is 4.90 Å². The molecule has 1 N–H and O–H groups in total. The molecule has 0 aromatic heterocycles. The van der Waals surface area contributed by atoms with Crippen LogP contribution >= 0.6 is 15.9 Å². The summed E-state index contributed by atoms with van der Waals surface area (Å²) in [6.07, 6.45) is 3.08. The van der Waals surface area contributed by atoms with Crippen molar-refractivity contribution in [1.82, 2.24) is 0 Å². The molecule has 0 bridgehead atoms. The average Bonchev–Trinajstić information content (AvgIpc) is 2.47. The van der Waals surface area contributed by atoms with Gasteiger partial charge in [-0.15, -0.1) is 0 Å². The molecular formula is C16H19BrN2O2. The van der Waals surface area contributed by atoms with Crippen LogP contribution in [0.1, 0.15) is 38.2 Å². The zero-order chi connectivity index (χ0) is 15.5. The quantitative estimate of drug-likeness (QED) is 0.896. The van der Waals surface area contributed by atoms with Crippen LogP contribution in [0.4, 0.5) is 5.69 Å². The second kappa shape index (κ2) is 6.48. The number of piperidine rings is 1. The third kappa shape index (κ3) is 3.21. The van der Waals surface area contributed by atoms with E-state index >= 15 is 0 Å². The van der Waals surface area contributed by atoms with Gasteiger partial charge in [-0.2, -0.15) is 5.26 Å². The number of aliphatic carboxylic acids is 1. The monoisotopic (exact) mass is 350 g/mol. The molecule has 0 aliphatic carbocycles. The van der Waals surface area contributed by atoms with Crippen LogP contribution in [-0.4, -0.2) is 24.2 Å². The van der Waals surface area contributed by atoms with E-state index in [9.17, 15) is 15.2 Å². The third-order valence-electron chi connectivity index (χ3n) is 4.18. The van der Waals surface area contributed by atoms with Gasteiger partial charge in [0.2, 0.25) is 0 Å². The van der Waals surface area contributed by atoms with E-state index in [1.807, 2.05) is 19.1 Å². The lowest BCUT2D eigenvalue weighted by Crippen LogP contribution is -2.48. The van der Waals surface area contributed by atoms with Gasteiger partial charge in [0, 0.05) is 17.6 Å². The Labute approximate surface area is 133 Å². The summed E-state index contributed by atoms with van der Waals surface area (Å²) in [7, 11) is 0. The second-order valence-electron chi connectivity index (χ2n) is 5.63. The maximum Gasteiger partial charge on any atom is 0.311 e. The van der Waals surface area contributed by atoms with Crippen molar-refractivity contribution in [3.05, 3.63) is 28.2 Å². The number of rotatable bonds is 4. The summed E-state index contributed by atoms with van der Waals surface area (Å²) >= 11 is 3.37. The van der Waals surface area contributed by atoms with Crippen molar-refractivity contribution in [2.75, 3.05) is 18.0 Å². The molecule has 1 atom stereocenters. The Morgan fingerprint density at radius 3 is 2.95 bits per heavy atom. The molecule has 1 saturated heterocycles. The van der Waals surface area contributed by atoms with Crippen LogP contribution in [0.2, 0.25) is 0 Å². The number of hydrogen-bond donors (Lipinski definition) is 1. The second-order valence-corrected chi connectivity index (χ2v) is 6.55. The summed E-state index contributed by atoms with van der Waals surface area (Å²) in [4.78, 5) is 13.8. The van der Waals surface area contributed by atoms with Crippen molar-refractivity contribution in [3.8, 4) is 6.07 Å². The number of anilines is 1. The Balaban J connectivity index is 2.33. The molecule has 1 aliphatic rings. The molecule has 5 heteroatoms. The predicted octanol–water partition coefficient (Wildman–Crippen LogP) is 3.79. The molecule has 112 valence electrons. The van der Waals surface area contributed by atoms with Crippen LogP contribution in [0.25, 0.3) is 0 Å². The average molecular weight is 351 g/mol. The largest absolute Gasteiger partial charge is 0.481 e. The predicted molar refractivity (Wildman–Crippen MR) is 85.3 cm³/mol. The van der Waals surface area contributed by atoms with E-state index in [0.717, 1.165) is 29.5 Å². The van der Waals surface area contributed by atoms with Crippen LogP contribution in [0.15, 0.2) is 22.7 Å². The smallest absolute Gasteiger partial charge is 0.311 e. The number of carboxylic acids is 1. The summed E-state index contributed by atoms with van der Waals surface area (Å²) in [5.41, 5.74) is 0.733. The molecule has 1 aliphatic heterocycles. The van der Waals surface area contributed by atoms with Crippen LogP contribution in [0.5, 0.6) is 0 Å². The number of carbonyl (C=O) groups is 1. The Morgan fingerprint density at radius 2 is 2.33 bits per heavy atom. The van der Waals surface area contributed by atoms with Crippen molar-refractivity contribution < 1.29 is 9.90 Å². The van der Waals surface area contributed by atoms with Crippen molar-refractivity contribution in [2.45, 2.75) is 32.6 Å². The molecule has 21 heavy (non-hydrogen) atoms. The van der Waals surface area contributed by atoms with Crippen LogP contribution in [-0.2, 0) is 4.79 Å². The molecule has 1 unspecified atom stereocenters. The van der Waals surface area contributed by atoms with Gasteiger partial charge in [-0.25, -0.2) is 0 Å².